The largest absolute Gasteiger partial charge is 0.497 e. The number of hydrogen-bond donors (Lipinski definition) is 1. The van der Waals surface area contributed by atoms with Gasteiger partial charge in [0.2, 0.25) is 5.91 Å². The number of likely N-dealkylation sites (tertiary alicyclic amines) is 1. The van der Waals surface area contributed by atoms with Crippen LogP contribution in [-0.4, -0.2) is 55.4 Å². The number of ether oxygens (including phenoxy) is 2. The van der Waals surface area contributed by atoms with Crippen LogP contribution in [0.2, 0.25) is 0 Å². The number of nitrogens with one attached hydrogen (secondary N) is 1. The summed E-state index contributed by atoms with van der Waals surface area (Å²) < 4.78 is 10.4. The Bertz CT molecular complexity index is 576. The second-order valence-corrected chi connectivity index (χ2v) is 6.45. The molecule has 24 heavy (non-hydrogen) atoms. The van der Waals surface area contributed by atoms with E-state index < -0.39 is 5.38 Å². The molecule has 1 aromatic carbocycles. The lowest BCUT2D eigenvalue weighted by Gasteiger charge is -2.33. The van der Waals surface area contributed by atoms with E-state index in [1.165, 1.54) is 0 Å². The van der Waals surface area contributed by atoms with Gasteiger partial charge in [-0.1, -0.05) is 0 Å². The van der Waals surface area contributed by atoms with Crippen molar-refractivity contribution in [3.63, 3.8) is 0 Å². The smallest absolute Gasteiger partial charge is 0.251 e. The molecule has 1 heterocycles. The molecule has 1 unspecified atom stereocenters. The zero-order chi connectivity index (χ0) is 17.7. The van der Waals surface area contributed by atoms with Crippen molar-refractivity contribution in [1.29, 1.82) is 0 Å². The molecule has 7 heteroatoms. The number of nitrogens with zero attached hydrogens (tertiary/aromatic N) is 1. The Morgan fingerprint density at radius 3 is 2.17 bits per heavy atom. The van der Waals surface area contributed by atoms with Crippen LogP contribution >= 0.6 is 11.6 Å². The van der Waals surface area contributed by atoms with Crippen molar-refractivity contribution in [1.82, 2.24) is 10.2 Å². The van der Waals surface area contributed by atoms with Crippen molar-refractivity contribution in [2.24, 2.45) is 0 Å². The van der Waals surface area contributed by atoms with Crippen LogP contribution in [0.1, 0.15) is 30.1 Å². The molecule has 132 valence electrons. The summed E-state index contributed by atoms with van der Waals surface area (Å²) in [5.74, 6) is 0.897. The Labute approximate surface area is 147 Å². The number of carbonyl (C=O) groups excluding carboxylic acids is 2. The fourth-order valence-electron chi connectivity index (χ4n) is 2.70. The van der Waals surface area contributed by atoms with Crippen LogP contribution in [-0.2, 0) is 4.79 Å². The number of rotatable bonds is 5. The Kier molecular flexibility index (Phi) is 6.31. The van der Waals surface area contributed by atoms with E-state index in [1.54, 1.807) is 44.2 Å². The van der Waals surface area contributed by atoms with E-state index in [2.05, 4.69) is 5.32 Å². The lowest BCUT2D eigenvalue weighted by molar-refractivity contribution is -0.131. The molecular formula is C17H23ClN2O4. The van der Waals surface area contributed by atoms with Crippen molar-refractivity contribution >= 4 is 23.4 Å². The van der Waals surface area contributed by atoms with E-state index in [9.17, 15) is 9.59 Å². The first kappa shape index (κ1) is 18.4. The minimum absolute atomic E-state index is 0.0318. The summed E-state index contributed by atoms with van der Waals surface area (Å²) in [4.78, 5) is 26.1. The van der Waals surface area contributed by atoms with E-state index in [-0.39, 0.29) is 17.9 Å². The highest BCUT2D eigenvalue weighted by Crippen LogP contribution is 2.23. The first-order valence-corrected chi connectivity index (χ1v) is 8.35. The molecule has 6 nitrogen and oxygen atoms in total. The van der Waals surface area contributed by atoms with Gasteiger partial charge in [-0.3, -0.25) is 9.59 Å². The second-order valence-electron chi connectivity index (χ2n) is 5.79. The maximum absolute atomic E-state index is 12.4. The Morgan fingerprint density at radius 1 is 1.17 bits per heavy atom. The van der Waals surface area contributed by atoms with Crippen LogP contribution in [0.15, 0.2) is 18.2 Å². The van der Waals surface area contributed by atoms with Gasteiger partial charge in [-0.05, 0) is 31.9 Å². The first-order valence-electron chi connectivity index (χ1n) is 7.91. The van der Waals surface area contributed by atoms with Crippen LogP contribution in [0.25, 0.3) is 0 Å². The molecule has 0 saturated carbocycles. The van der Waals surface area contributed by atoms with Gasteiger partial charge in [-0.2, -0.15) is 0 Å². The van der Waals surface area contributed by atoms with Gasteiger partial charge in [0.15, 0.2) is 0 Å². The van der Waals surface area contributed by atoms with Crippen molar-refractivity contribution in [2.75, 3.05) is 27.3 Å². The predicted molar refractivity (Wildman–Crippen MR) is 91.9 cm³/mol. The van der Waals surface area contributed by atoms with E-state index in [4.69, 9.17) is 21.1 Å². The molecule has 0 aromatic heterocycles. The van der Waals surface area contributed by atoms with Gasteiger partial charge >= 0.3 is 0 Å². The standard InChI is InChI=1S/C17H23ClN2O4/c1-11(18)17(22)20-6-4-13(5-7-20)19-16(21)12-8-14(23-2)10-15(9-12)24-3/h8-11,13H,4-7H2,1-3H3,(H,19,21). The number of alkyl halides is 1. The lowest BCUT2D eigenvalue weighted by atomic mass is 10.0. The van der Waals surface area contributed by atoms with Crippen LogP contribution in [0, 0.1) is 0 Å². The van der Waals surface area contributed by atoms with Crippen LogP contribution < -0.4 is 14.8 Å². The molecule has 1 N–H and O–H groups in total. The number of hydrogen-bond acceptors (Lipinski definition) is 4. The van der Waals surface area contributed by atoms with Gasteiger partial charge in [0.05, 0.1) is 14.2 Å². The molecule has 1 aliphatic rings. The second kappa shape index (κ2) is 8.24. The van der Waals surface area contributed by atoms with Gasteiger partial charge in [0, 0.05) is 30.8 Å². The molecule has 1 atom stereocenters. The topological polar surface area (TPSA) is 67.9 Å². The number of amides is 2. The third-order valence-electron chi connectivity index (χ3n) is 4.10. The number of methoxy groups -OCH3 is 2. The molecule has 0 bridgehead atoms. The van der Waals surface area contributed by atoms with E-state index >= 15 is 0 Å². The third kappa shape index (κ3) is 4.54. The molecular weight excluding hydrogens is 332 g/mol. The molecule has 0 aliphatic carbocycles. The van der Waals surface area contributed by atoms with E-state index in [0.717, 1.165) is 0 Å². The summed E-state index contributed by atoms with van der Waals surface area (Å²) in [7, 11) is 3.09. The van der Waals surface area contributed by atoms with Crippen molar-refractivity contribution < 1.29 is 19.1 Å². The zero-order valence-electron chi connectivity index (χ0n) is 14.2. The highest BCUT2D eigenvalue weighted by atomic mass is 35.5. The van der Waals surface area contributed by atoms with E-state index in [1.807, 2.05) is 0 Å². The van der Waals surface area contributed by atoms with Crippen LogP contribution in [0.5, 0.6) is 11.5 Å². The average Bonchev–Trinajstić information content (AvgIpc) is 2.61. The van der Waals surface area contributed by atoms with E-state index in [0.29, 0.717) is 43.0 Å². The molecule has 1 aliphatic heterocycles. The predicted octanol–water partition coefficient (Wildman–Crippen LogP) is 2.05. The van der Waals surface area contributed by atoms with Gasteiger partial charge in [-0.15, -0.1) is 11.6 Å². The lowest BCUT2D eigenvalue weighted by Crippen LogP contribution is -2.48. The maximum atomic E-state index is 12.4. The maximum Gasteiger partial charge on any atom is 0.251 e. The number of benzene rings is 1. The Balaban J connectivity index is 1.95. The summed E-state index contributed by atoms with van der Waals surface area (Å²) in [5.41, 5.74) is 0.485. The molecule has 1 aromatic rings. The third-order valence-corrected chi connectivity index (χ3v) is 4.28. The SMILES string of the molecule is COc1cc(OC)cc(C(=O)NC2CCN(C(=O)C(C)Cl)CC2)c1. The summed E-state index contributed by atoms with van der Waals surface area (Å²) in [6, 6.07) is 5.09. The quantitative estimate of drug-likeness (QED) is 0.822. The Hall–Kier alpha value is -1.95. The van der Waals surface area contributed by atoms with Crippen molar-refractivity contribution in [3.05, 3.63) is 23.8 Å². The summed E-state index contributed by atoms with van der Waals surface area (Å²) >= 11 is 5.83. The highest BCUT2D eigenvalue weighted by Gasteiger charge is 2.26. The molecule has 2 rings (SSSR count). The zero-order valence-corrected chi connectivity index (χ0v) is 14.9. The number of carbonyl (C=O) groups is 2. The van der Waals surface area contributed by atoms with Gasteiger partial charge in [0.25, 0.3) is 5.91 Å². The van der Waals surface area contributed by atoms with Gasteiger partial charge in [0.1, 0.15) is 16.9 Å². The summed E-state index contributed by atoms with van der Waals surface area (Å²) in [5, 5.41) is 2.49. The first-order chi connectivity index (χ1) is 11.4. The van der Waals surface area contributed by atoms with Crippen molar-refractivity contribution in [2.45, 2.75) is 31.2 Å². The average molecular weight is 355 g/mol. The molecule has 2 amide bonds. The number of piperidine rings is 1. The van der Waals surface area contributed by atoms with Crippen LogP contribution in [0.4, 0.5) is 0 Å². The summed E-state index contributed by atoms with van der Waals surface area (Å²) in [6.07, 6.45) is 1.42. The molecule has 0 radical (unpaired) electrons. The molecule has 1 fully saturated rings. The summed E-state index contributed by atoms with van der Waals surface area (Å²) in [6.45, 7) is 2.87. The fraction of sp³-hybridized carbons (Fsp3) is 0.529. The minimum Gasteiger partial charge on any atom is -0.497 e. The molecule has 1 saturated heterocycles. The van der Waals surface area contributed by atoms with Gasteiger partial charge < -0.3 is 19.7 Å². The van der Waals surface area contributed by atoms with Crippen molar-refractivity contribution in [3.8, 4) is 11.5 Å². The molecule has 0 spiro atoms. The monoisotopic (exact) mass is 354 g/mol. The number of halogens is 1. The van der Waals surface area contributed by atoms with Crippen LogP contribution in [0.3, 0.4) is 0 Å². The highest BCUT2D eigenvalue weighted by molar-refractivity contribution is 6.30. The Morgan fingerprint density at radius 2 is 1.71 bits per heavy atom. The van der Waals surface area contributed by atoms with Gasteiger partial charge in [-0.25, -0.2) is 0 Å². The normalized spacial score (nSPS) is 16.4. The fourth-order valence-corrected chi connectivity index (χ4v) is 2.84. The minimum atomic E-state index is -0.514.